The maximum absolute atomic E-state index is 6.06. The van der Waals surface area contributed by atoms with E-state index in [4.69, 9.17) is 11.6 Å². The molecule has 0 aliphatic rings. The predicted molar refractivity (Wildman–Crippen MR) is 75.8 cm³/mol. The van der Waals surface area contributed by atoms with Gasteiger partial charge in [-0.2, -0.15) is 0 Å². The highest BCUT2D eigenvalue weighted by Gasteiger charge is 2.13. The van der Waals surface area contributed by atoms with Crippen LogP contribution in [0.5, 0.6) is 0 Å². The van der Waals surface area contributed by atoms with Crippen molar-refractivity contribution >= 4 is 38.6 Å². The Labute approximate surface area is 117 Å². The van der Waals surface area contributed by atoms with Gasteiger partial charge in [0, 0.05) is 6.42 Å². The van der Waals surface area contributed by atoms with Crippen LogP contribution in [0.2, 0.25) is 5.15 Å². The standard InChI is InChI=1S/C13H9BrClN3/c14-11-10-9(6-8-4-2-1-3-5-8)16-7-17-13(10)18-12(11)15/h1-5,7H,6H2,(H,16,17,18). The van der Waals surface area contributed by atoms with Crippen LogP contribution >= 0.6 is 27.5 Å². The van der Waals surface area contributed by atoms with E-state index < -0.39 is 0 Å². The Morgan fingerprint density at radius 1 is 1.17 bits per heavy atom. The molecule has 18 heavy (non-hydrogen) atoms. The minimum atomic E-state index is 0.555. The molecule has 2 heterocycles. The normalized spacial score (nSPS) is 11.0. The van der Waals surface area contributed by atoms with Crippen LogP contribution < -0.4 is 0 Å². The maximum Gasteiger partial charge on any atom is 0.143 e. The van der Waals surface area contributed by atoms with E-state index in [0.29, 0.717) is 5.15 Å². The number of aromatic nitrogens is 3. The number of aromatic amines is 1. The number of rotatable bonds is 2. The van der Waals surface area contributed by atoms with Crippen molar-refractivity contribution in [1.29, 1.82) is 0 Å². The Morgan fingerprint density at radius 3 is 2.72 bits per heavy atom. The van der Waals surface area contributed by atoms with Crippen molar-refractivity contribution < 1.29 is 0 Å². The molecule has 0 unspecified atom stereocenters. The molecule has 0 bridgehead atoms. The maximum atomic E-state index is 6.06. The molecular weight excluding hydrogens is 314 g/mol. The fourth-order valence-electron chi connectivity index (χ4n) is 1.94. The van der Waals surface area contributed by atoms with Crippen LogP contribution in [0.3, 0.4) is 0 Å². The summed E-state index contributed by atoms with van der Waals surface area (Å²) in [6.45, 7) is 0. The minimum Gasteiger partial charge on any atom is -0.329 e. The van der Waals surface area contributed by atoms with Crippen LogP contribution in [0.1, 0.15) is 11.3 Å². The minimum absolute atomic E-state index is 0.555. The summed E-state index contributed by atoms with van der Waals surface area (Å²) in [7, 11) is 0. The number of H-pyrrole nitrogens is 1. The molecular formula is C13H9BrClN3. The first-order valence-corrected chi connectivity index (χ1v) is 6.63. The third-order valence-corrected chi connectivity index (χ3v) is 4.09. The van der Waals surface area contributed by atoms with Crippen LogP contribution in [-0.2, 0) is 6.42 Å². The Hall–Kier alpha value is -1.39. The number of hydrogen-bond donors (Lipinski definition) is 1. The SMILES string of the molecule is Clc1[nH]c2ncnc(Cc3ccccc3)c2c1Br. The number of fused-ring (bicyclic) bond motifs is 1. The van der Waals surface area contributed by atoms with Crippen molar-refractivity contribution in [2.24, 2.45) is 0 Å². The molecule has 0 saturated carbocycles. The highest BCUT2D eigenvalue weighted by Crippen LogP contribution is 2.32. The average Bonchev–Trinajstić information content (AvgIpc) is 2.67. The molecule has 3 rings (SSSR count). The number of nitrogens with one attached hydrogen (secondary N) is 1. The van der Waals surface area contributed by atoms with Gasteiger partial charge in [-0.1, -0.05) is 41.9 Å². The summed E-state index contributed by atoms with van der Waals surface area (Å²) in [4.78, 5) is 11.6. The fourth-order valence-corrected chi connectivity index (χ4v) is 2.64. The van der Waals surface area contributed by atoms with Gasteiger partial charge in [-0.05, 0) is 21.5 Å². The lowest BCUT2D eigenvalue weighted by atomic mass is 10.1. The van der Waals surface area contributed by atoms with E-state index in [1.54, 1.807) is 6.33 Å². The van der Waals surface area contributed by atoms with Crippen molar-refractivity contribution in [3.05, 3.63) is 57.5 Å². The van der Waals surface area contributed by atoms with E-state index in [-0.39, 0.29) is 0 Å². The molecule has 3 nitrogen and oxygen atoms in total. The molecule has 5 heteroatoms. The monoisotopic (exact) mass is 321 g/mol. The first-order chi connectivity index (χ1) is 8.75. The van der Waals surface area contributed by atoms with Crippen molar-refractivity contribution in [3.63, 3.8) is 0 Å². The molecule has 0 amide bonds. The zero-order valence-corrected chi connectivity index (χ0v) is 11.7. The Morgan fingerprint density at radius 2 is 1.94 bits per heavy atom. The van der Waals surface area contributed by atoms with Gasteiger partial charge in [0.15, 0.2) is 0 Å². The van der Waals surface area contributed by atoms with Crippen molar-refractivity contribution in [1.82, 2.24) is 15.0 Å². The van der Waals surface area contributed by atoms with Gasteiger partial charge in [0.2, 0.25) is 0 Å². The molecule has 1 aromatic carbocycles. The van der Waals surface area contributed by atoms with Crippen LogP contribution in [0, 0.1) is 0 Å². The van der Waals surface area contributed by atoms with Crippen molar-refractivity contribution in [2.75, 3.05) is 0 Å². The Bertz CT molecular complexity index is 694. The molecule has 0 aliphatic carbocycles. The van der Waals surface area contributed by atoms with E-state index in [0.717, 1.165) is 27.6 Å². The summed E-state index contributed by atoms with van der Waals surface area (Å²) in [6.07, 6.45) is 2.31. The zero-order valence-electron chi connectivity index (χ0n) is 9.32. The molecule has 0 spiro atoms. The number of halogens is 2. The predicted octanol–water partition coefficient (Wildman–Crippen LogP) is 3.96. The van der Waals surface area contributed by atoms with Crippen LogP contribution in [0.25, 0.3) is 11.0 Å². The third kappa shape index (κ3) is 2.02. The lowest BCUT2D eigenvalue weighted by Crippen LogP contribution is -1.94. The molecule has 0 radical (unpaired) electrons. The topological polar surface area (TPSA) is 41.6 Å². The van der Waals surface area contributed by atoms with E-state index in [9.17, 15) is 0 Å². The van der Waals surface area contributed by atoms with Gasteiger partial charge in [0.05, 0.1) is 15.6 Å². The summed E-state index contributed by atoms with van der Waals surface area (Å²) in [5.41, 5.74) is 2.93. The number of benzene rings is 1. The molecule has 0 atom stereocenters. The van der Waals surface area contributed by atoms with Gasteiger partial charge in [0.25, 0.3) is 0 Å². The summed E-state index contributed by atoms with van der Waals surface area (Å²) in [6, 6.07) is 10.2. The first kappa shape index (κ1) is 11.7. The molecule has 0 aliphatic heterocycles. The van der Waals surface area contributed by atoms with Crippen LogP contribution in [0.4, 0.5) is 0 Å². The van der Waals surface area contributed by atoms with E-state index in [2.05, 4.69) is 43.0 Å². The highest BCUT2D eigenvalue weighted by molar-refractivity contribution is 9.10. The second kappa shape index (κ2) is 4.71. The zero-order chi connectivity index (χ0) is 12.5. The van der Waals surface area contributed by atoms with Gasteiger partial charge in [0.1, 0.15) is 17.1 Å². The molecule has 0 fully saturated rings. The van der Waals surface area contributed by atoms with Gasteiger partial charge in [-0.3, -0.25) is 0 Å². The smallest absolute Gasteiger partial charge is 0.143 e. The average molecular weight is 323 g/mol. The van der Waals surface area contributed by atoms with E-state index in [1.807, 2.05) is 18.2 Å². The summed E-state index contributed by atoms with van der Waals surface area (Å²) >= 11 is 9.53. The highest BCUT2D eigenvalue weighted by atomic mass is 79.9. The summed E-state index contributed by atoms with van der Waals surface area (Å²) in [5, 5.41) is 1.51. The summed E-state index contributed by atoms with van der Waals surface area (Å²) in [5.74, 6) is 0. The van der Waals surface area contributed by atoms with Gasteiger partial charge in [-0.25, -0.2) is 9.97 Å². The van der Waals surface area contributed by atoms with Gasteiger partial charge in [-0.15, -0.1) is 0 Å². The number of hydrogen-bond acceptors (Lipinski definition) is 2. The van der Waals surface area contributed by atoms with Crippen molar-refractivity contribution in [3.8, 4) is 0 Å². The molecule has 0 saturated heterocycles. The quantitative estimate of drug-likeness (QED) is 0.776. The molecule has 1 N–H and O–H groups in total. The summed E-state index contributed by atoms with van der Waals surface area (Å²) < 4.78 is 0.825. The molecule has 3 aromatic rings. The lowest BCUT2D eigenvalue weighted by molar-refractivity contribution is 1.06. The second-order valence-electron chi connectivity index (χ2n) is 3.96. The van der Waals surface area contributed by atoms with Crippen LogP contribution in [-0.4, -0.2) is 15.0 Å². The second-order valence-corrected chi connectivity index (χ2v) is 5.13. The molecule has 2 aromatic heterocycles. The van der Waals surface area contributed by atoms with E-state index >= 15 is 0 Å². The number of nitrogens with zero attached hydrogens (tertiary/aromatic N) is 2. The Balaban J connectivity index is 2.12. The Kier molecular flexibility index (Phi) is 3.06. The van der Waals surface area contributed by atoms with Gasteiger partial charge < -0.3 is 4.98 Å². The fraction of sp³-hybridized carbons (Fsp3) is 0.0769. The lowest BCUT2D eigenvalue weighted by Gasteiger charge is -2.02. The van der Waals surface area contributed by atoms with E-state index in [1.165, 1.54) is 5.56 Å². The largest absolute Gasteiger partial charge is 0.329 e. The van der Waals surface area contributed by atoms with Crippen LogP contribution in [0.15, 0.2) is 41.1 Å². The van der Waals surface area contributed by atoms with Crippen molar-refractivity contribution in [2.45, 2.75) is 6.42 Å². The van der Waals surface area contributed by atoms with Gasteiger partial charge >= 0.3 is 0 Å². The molecule has 90 valence electrons. The first-order valence-electron chi connectivity index (χ1n) is 5.46. The third-order valence-electron chi connectivity index (χ3n) is 2.78.